The zero-order chi connectivity index (χ0) is 13.8. The van der Waals surface area contributed by atoms with E-state index in [1.807, 2.05) is 0 Å². The molecule has 2 aromatic rings. The highest BCUT2D eigenvalue weighted by atomic mass is 79.9. The highest BCUT2D eigenvalue weighted by Gasteiger charge is 2.13. The Hall–Kier alpha value is -2.02. The van der Waals surface area contributed by atoms with Gasteiger partial charge in [-0.05, 0) is 35.0 Å². The number of benzene rings is 1. The van der Waals surface area contributed by atoms with Gasteiger partial charge in [-0.25, -0.2) is 9.97 Å². The molecule has 2 rings (SSSR count). The molecule has 0 unspecified atom stereocenters. The van der Waals surface area contributed by atoms with E-state index in [0.717, 1.165) is 11.4 Å². The van der Waals surface area contributed by atoms with Crippen molar-refractivity contribution in [2.75, 3.05) is 5.32 Å². The number of anilines is 1. The number of aromatic nitrogens is 2. The molecule has 1 aromatic carbocycles. The normalized spacial score (nSPS) is 10.2. The predicted molar refractivity (Wildman–Crippen MR) is 74.9 cm³/mol. The third-order valence-electron chi connectivity index (χ3n) is 2.59. The van der Waals surface area contributed by atoms with Gasteiger partial charge in [0, 0.05) is 28.0 Å². The molecular formula is C12H11BrN4O2. The minimum Gasteiger partial charge on any atom is -0.378 e. The summed E-state index contributed by atoms with van der Waals surface area (Å²) in [7, 11) is 0. The zero-order valence-corrected chi connectivity index (χ0v) is 11.7. The van der Waals surface area contributed by atoms with Gasteiger partial charge in [0.2, 0.25) is 0 Å². The van der Waals surface area contributed by atoms with E-state index in [-0.39, 0.29) is 5.69 Å². The molecule has 1 heterocycles. The van der Waals surface area contributed by atoms with Crippen LogP contribution in [0.1, 0.15) is 11.3 Å². The average Bonchev–Trinajstić information content (AvgIpc) is 2.40. The maximum Gasteiger partial charge on any atom is 0.273 e. The lowest BCUT2D eigenvalue weighted by Gasteiger charge is -2.09. The third kappa shape index (κ3) is 3.25. The van der Waals surface area contributed by atoms with Crippen LogP contribution in [0.15, 0.2) is 35.2 Å². The Balaban J connectivity index is 2.17. The predicted octanol–water partition coefficient (Wildman–Crippen LogP) is 3.07. The van der Waals surface area contributed by atoms with Gasteiger partial charge in [-0.15, -0.1) is 0 Å². The van der Waals surface area contributed by atoms with Crippen LogP contribution in [0.5, 0.6) is 0 Å². The number of hydrogen-bond donors (Lipinski definition) is 1. The van der Waals surface area contributed by atoms with Gasteiger partial charge < -0.3 is 5.32 Å². The van der Waals surface area contributed by atoms with Crippen molar-refractivity contribution in [1.82, 2.24) is 9.97 Å². The molecule has 0 aliphatic carbocycles. The quantitative estimate of drug-likeness (QED) is 0.691. The molecule has 1 N–H and O–H groups in total. The van der Waals surface area contributed by atoms with Gasteiger partial charge in [0.1, 0.15) is 6.33 Å². The zero-order valence-electron chi connectivity index (χ0n) is 10.1. The van der Waals surface area contributed by atoms with Crippen LogP contribution in [-0.2, 0) is 6.54 Å². The molecule has 0 fully saturated rings. The first-order valence-corrected chi connectivity index (χ1v) is 6.30. The van der Waals surface area contributed by atoms with Crippen LogP contribution >= 0.6 is 15.9 Å². The van der Waals surface area contributed by atoms with E-state index >= 15 is 0 Å². The SMILES string of the molecule is Cc1cc(NCc2ccncn2)c(Br)cc1[N+](=O)[O-]. The number of aryl methyl sites for hydroxylation is 1. The van der Waals surface area contributed by atoms with Crippen LogP contribution in [0.4, 0.5) is 11.4 Å². The molecular weight excluding hydrogens is 312 g/mol. The number of nitro groups is 1. The van der Waals surface area contributed by atoms with Gasteiger partial charge in [-0.1, -0.05) is 0 Å². The summed E-state index contributed by atoms with van der Waals surface area (Å²) in [5.74, 6) is 0. The summed E-state index contributed by atoms with van der Waals surface area (Å²) in [4.78, 5) is 18.4. The second-order valence-electron chi connectivity index (χ2n) is 3.93. The van der Waals surface area contributed by atoms with Crippen LogP contribution in [0, 0.1) is 17.0 Å². The summed E-state index contributed by atoms with van der Waals surface area (Å²) in [5.41, 5.74) is 2.34. The van der Waals surface area contributed by atoms with Crippen molar-refractivity contribution >= 4 is 27.3 Å². The first kappa shape index (κ1) is 13.4. The van der Waals surface area contributed by atoms with E-state index in [4.69, 9.17) is 0 Å². The van der Waals surface area contributed by atoms with Crippen molar-refractivity contribution in [3.05, 3.63) is 56.6 Å². The van der Waals surface area contributed by atoms with Crippen molar-refractivity contribution in [2.45, 2.75) is 13.5 Å². The molecule has 1 aromatic heterocycles. The Bertz CT molecular complexity index is 604. The Labute approximate surface area is 118 Å². The second-order valence-corrected chi connectivity index (χ2v) is 4.78. The molecule has 6 nitrogen and oxygen atoms in total. The molecule has 0 aliphatic rings. The van der Waals surface area contributed by atoms with Gasteiger partial charge >= 0.3 is 0 Å². The summed E-state index contributed by atoms with van der Waals surface area (Å²) >= 11 is 3.32. The van der Waals surface area contributed by atoms with Gasteiger partial charge in [-0.3, -0.25) is 10.1 Å². The molecule has 19 heavy (non-hydrogen) atoms. The molecule has 0 aliphatic heterocycles. The largest absolute Gasteiger partial charge is 0.378 e. The highest BCUT2D eigenvalue weighted by molar-refractivity contribution is 9.10. The second kappa shape index (κ2) is 5.75. The van der Waals surface area contributed by atoms with E-state index in [9.17, 15) is 10.1 Å². The average molecular weight is 323 g/mol. The molecule has 0 amide bonds. The maximum atomic E-state index is 10.8. The monoisotopic (exact) mass is 322 g/mol. The van der Waals surface area contributed by atoms with E-state index in [1.165, 1.54) is 12.4 Å². The van der Waals surface area contributed by atoms with Crippen molar-refractivity contribution in [2.24, 2.45) is 0 Å². The lowest BCUT2D eigenvalue weighted by Crippen LogP contribution is -2.03. The summed E-state index contributed by atoms with van der Waals surface area (Å²) in [6, 6.07) is 5.04. The first-order valence-electron chi connectivity index (χ1n) is 5.51. The fraction of sp³-hybridized carbons (Fsp3) is 0.167. The third-order valence-corrected chi connectivity index (χ3v) is 3.24. The Morgan fingerprint density at radius 3 is 2.89 bits per heavy atom. The van der Waals surface area contributed by atoms with Crippen LogP contribution in [0.2, 0.25) is 0 Å². The summed E-state index contributed by atoms with van der Waals surface area (Å²) < 4.78 is 0.652. The van der Waals surface area contributed by atoms with Crippen LogP contribution < -0.4 is 5.32 Å². The van der Waals surface area contributed by atoms with E-state index in [0.29, 0.717) is 16.6 Å². The number of rotatable bonds is 4. The molecule has 7 heteroatoms. The van der Waals surface area contributed by atoms with Gasteiger partial charge in [0.05, 0.1) is 17.2 Å². The van der Waals surface area contributed by atoms with Crippen molar-refractivity contribution in [1.29, 1.82) is 0 Å². The topological polar surface area (TPSA) is 81.0 Å². The Kier molecular flexibility index (Phi) is 4.06. The van der Waals surface area contributed by atoms with Crippen molar-refractivity contribution < 1.29 is 4.92 Å². The lowest BCUT2D eigenvalue weighted by molar-refractivity contribution is -0.385. The van der Waals surface area contributed by atoms with Crippen LogP contribution in [0.3, 0.4) is 0 Å². The van der Waals surface area contributed by atoms with Gasteiger partial charge in [0.25, 0.3) is 5.69 Å². The molecule has 0 radical (unpaired) electrons. The number of halogens is 1. The van der Waals surface area contributed by atoms with E-state index < -0.39 is 4.92 Å². The molecule has 98 valence electrons. The molecule has 0 bridgehead atoms. The Morgan fingerprint density at radius 1 is 1.47 bits per heavy atom. The fourth-order valence-electron chi connectivity index (χ4n) is 1.61. The van der Waals surface area contributed by atoms with Crippen LogP contribution in [-0.4, -0.2) is 14.9 Å². The standard InChI is InChI=1S/C12H11BrN4O2/c1-8-4-11(10(13)5-12(8)17(18)19)15-6-9-2-3-14-7-16-9/h2-5,7,15H,6H2,1H3. The number of nitrogens with zero attached hydrogens (tertiary/aromatic N) is 3. The van der Waals surface area contributed by atoms with Crippen molar-refractivity contribution in [3.8, 4) is 0 Å². The molecule has 0 saturated carbocycles. The highest BCUT2D eigenvalue weighted by Crippen LogP contribution is 2.30. The summed E-state index contributed by atoms with van der Waals surface area (Å²) in [5, 5.41) is 14.0. The van der Waals surface area contributed by atoms with E-state index in [1.54, 1.807) is 25.3 Å². The number of nitrogens with one attached hydrogen (secondary N) is 1. The Morgan fingerprint density at radius 2 is 2.26 bits per heavy atom. The number of hydrogen-bond acceptors (Lipinski definition) is 5. The van der Waals surface area contributed by atoms with Crippen molar-refractivity contribution in [3.63, 3.8) is 0 Å². The number of nitro benzene ring substituents is 1. The molecule has 0 atom stereocenters. The maximum absolute atomic E-state index is 10.8. The van der Waals surface area contributed by atoms with Crippen LogP contribution in [0.25, 0.3) is 0 Å². The van der Waals surface area contributed by atoms with Gasteiger partial charge in [0.15, 0.2) is 0 Å². The van der Waals surface area contributed by atoms with Gasteiger partial charge in [-0.2, -0.15) is 0 Å². The fourth-order valence-corrected chi connectivity index (χ4v) is 2.08. The summed E-state index contributed by atoms with van der Waals surface area (Å²) in [6.07, 6.45) is 3.15. The summed E-state index contributed by atoms with van der Waals surface area (Å²) in [6.45, 7) is 2.23. The minimum absolute atomic E-state index is 0.0967. The molecule has 0 spiro atoms. The minimum atomic E-state index is -0.395. The van der Waals surface area contributed by atoms with E-state index in [2.05, 4.69) is 31.2 Å². The lowest BCUT2D eigenvalue weighted by atomic mass is 10.2. The smallest absolute Gasteiger partial charge is 0.273 e. The molecule has 0 saturated heterocycles. The first-order chi connectivity index (χ1) is 9.08.